The first-order chi connectivity index (χ1) is 7.84. The maximum Gasteiger partial charge on any atom is 0.0339 e. The van der Waals surface area contributed by atoms with Crippen LogP contribution in [0.3, 0.4) is 0 Å². The van der Waals surface area contributed by atoms with Gasteiger partial charge in [0.2, 0.25) is 0 Å². The van der Waals surface area contributed by atoms with Gasteiger partial charge in [-0.3, -0.25) is 0 Å². The molecule has 1 aliphatic rings. The lowest BCUT2D eigenvalue weighted by molar-refractivity contribution is 0.348. The highest BCUT2D eigenvalue weighted by molar-refractivity contribution is 7.09. The zero-order chi connectivity index (χ0) is 11.2. The molecule has 0 saturated heterocycles. The lowest BCUT2D eigenvalue weighted by Gasteiger charge is -2.25. The summed E-state index contributed by atoms with van der Waals surface area (Å²) in [5, 5.41) is 6.14. The Bertz CT molecular complexity index is 286. The number of hydrogen-bond donors (Lipinski definition) is 1. The lowest BCUT2D eigenvalue weighted by atomic mass is 9.89. The van der Waals surface area contributed by atoms with Crippen molar-refractivity contribution in [2.75, 3.05) is 13.1 Å². The average molecular weight is 258 g/mol. The van der Waals surface area contributed by atoms with Crippen LogP contribution in [0.2, 0.25) is 0 Å². The summed E-state index contributed by atoms with van der Waals surface area (Å²) < 4.78 is 0. The molecule has 2 rings (SSSR count). The third-order valence-electron chi connectivity index (χ3n) is 3.28. The van der Waals surface area contributed by atoms with Crippen LogP contribution >= 0.6 is 22.9 Å². The second-order valence-corrected chi connectivity index (χ2v) is 6.31. The normalized spacial score (nSPS) is 25.8. The van der Waals surface area contributed by atoms with Gasteiger partial charge < -0.3 is 5.32 Å². The van der Waals surface area contributed by atoms with Gasteiger partial charge in [0.25, 0.3) is 0 Å². The predicted molar refractivity (Wildman–Crippen MR) is 72.5 cm³/mol. The van der Waals surface area contributed by atoms with Crippen molar-refractivity contribution >= 4 is 22.9 Å². The Hall–Kier alpha value is -0.0500. The Morgan fingerprint density at radius 1 is 1.44 bits per heavy atom. The van der Waals surface area contributed by atoms with Crippen molar-refractivity contribution < 1.29 is 0 Å². The predicted octanol–water partition coefficient (Wildman–Crippen LogP) is 3.68. The molecule has 1 heterocycles. The van der Waals surface area contributed by atoms with E-state index in [-0.39, 0.29) is 0 Å². The second-order valence-electron chi connectivity index (χ2n) is 4.66. The fraction of sp³-hybridized carbons (Fsp3) is 0.692. The van der Waals surface area contributed by atoms with Gasteiger partial charge in [0.05, 0.1) is 0 Å². The minimum atomic E-state index is 0.429. The van der Waals surface area contributed by atoms with Gasteiger partial charge in [-0.15, -0.1) is 22.9 Å². The Labute approximate surface area is 107 Å². The minimum absolute atomic E-state index is 0.429. The van der Waals surface area contributed by atoms with Crippen molar-refractivity contribution in [3.8, 4) is 0 Å². The summed E-state index contributed by atoms with van der Waals surface area (Å²) in [6.45, 7) is 2.25. The van der Waals surface area contributed by atoms with Crippen molar-refractivity contribution in [2.24, 2.45) is 5.92 Å². The summed E-state index contributed by atoms with van der Waals surface area (Å²) in [4.78, 5) is 1.48. The smallest absolute Gasteiger partial charge is 0.0339 e. The maximum atomic E-state index is 6.18. The number of nitrogens with one attached hydrogen (secondary N) is 1. The SMILES string of the molecule is ClC1CCCC(CNCCc2cccs2)C1. The number of thiophene rings is 1. The first kappa shape index (κ1) is 12.4. The molecular weight excluding hydrogens is 238 g/mol. The van der Waals surface area contributed by atoms with E-state index >= 15 is 0 Å². The molecule has 0 amide bonds. The first-order valence-electron chi connectivity index (χ1n) is 6.22. The zero-order valence-electron chi connectivity index (χ0n) is 9.62. The molecule has 0 aliphatic heterocycles. The average Bonchev–Trinajstić information content (AvgIpc) is 2.77. The topological polar surface area (TPSA) is 12.0 Å². The minimum Gasteiger partial charge on any atom is -0.316 e. The lowest BCUT2D eigenvalue weighted by Crippen LogP contribution is -2.28. The van der Waals surface area contributed by atoms with Crippen LogP contribution in [0.15, 0.2) is 17.5 Å². The van der Waals surface area contributed by atoms with Gasteiger partial charge in [0.15, 0.2) is 0 Å². The van der Waals surface area contributed by atoms with Crippen LogP contribution in [-0.4, -0.2) is 18.5 Å². The summed E-state index contributed by atoms with van der Waals surface area (Å²) in [5.41, 5.74) is 0. The van der Waals surface area contributed by atoms with Crippen LogP contribution < -0.4 is 5.32 Å². The van der Waals surface area contributed by atoms with Gasteiger partial charge in [-0.2, -0.15) is 0 Å². The van der Waals surface area contributed by atoms with Crippen LogP contribution in [0, 0.1) is 5.92 Å². The van der Waals surface area contributed by atoms with Gasteiger partial charge >= 0.3 is 0 Å². The molecule has 2 atom stereocenters. The van der Waals surface area contributed by atoms with Crippen LogP contribution in [0.1, 0.15) is 30.6 Å². The van der Waals surface area contributed by atoms with Crippen LogP contribution in [-0.2, 0) is 6.42 Å². The van der Waals surface area contributed by atoms with Gasteiger partial charge in [0.1, 0.15) is 0 Å². The maximum absolute atomic E-state index is 6.18. The van der Waals surface area contributed by atoms with E-state index in [9.17, 15) is 0 Å². The zero-order valence-corrected chi connectivity index (χ0v) is 11.2. The standard InChI is InChI=1S/C13H20ClNS/c14-12-4-1-3-11(9-12)10-15-7-6-13-5-2-8-16-13/h2,5,8,11-12,15H,1,3-4,6-7,9-10H2. The van der Waals surface area contributed by atoms with Crippen molar-refractivity contribution in [3.63, 3.8) is 0 Å². The van der Waals surface area contributed by atoms with Gasteiger partial charge in [-0.1, -0.05) is 12.5 Å². The summed E-state index contributed by atoms with van der Waals surface area (Å²) in [7, 11) is 0. The largest absolute Gasteiger partial charge is 0.316 e. The molecule has 1 nitrogen and oxygen atoms in total. The molecule has 1 aromatic rings. The highest BCUT2D eigenvalue weighted by atomic mass is 35.5. The molecule has 2 unspecified atom stereocenters. The fourth-order valence-corrected chi connectivity index (χ4v) is 3.50. The van der Waals surface area contributed by atoms with E-state index in [1.165, 1.54) is 30.6 Å². The molecule has 1 saturated carbocycles. The quantitative estimate of drug-likeness (QED) is 0.627. The summed E-state index contributed by atoms with van der Waals surface area (Å²) in [5.74, 6) is 0.805. The molecule has 0 bridgehead atoms. The van der Waals surface area contributed by atoms with E-state index in [4.69, 9.17) is 11.6 Å². The second kappa shape index (κ2) is 6.63. The number of halogens is 1. The number of rotatable bonds is 5. The van der Waals surface area contributed by atoms with E-state index in [1.54, 1.807) is 0 Å². The van der Waals surface area contributed by atoms with Crippen molar-refractivity contribution in [2.45, 2.75) is 37.5 Å². The molecule has 0 spiro atoms. The van der Waals surface area contributed by atoms with E-state index in [1.807, 2.05) is 11.3 Å². The van der Waals surface area contributed by atoms with Gasteiger partial charge in [0, 0.05) is 10.3 Å². The fourth-order valence-electron chi connectivity index (χ4n) is 2.38. The molecule has 0 radical (unpaired) electrons. The summed E-state index contributed by atoms with van der Waals surface area (Å²) in [6.07, 6.45) is 6.25. The number of alkyl halides is 1. The molecule has 1 aliphatic carbocycles. The summed E-state index contributed by atoms with van der Waals surface area (Å²) >= 11 is 8.03. The molecular formula is C13H20ClNS. The van der Waals surface area contributed by atoms with Crippen molar-refractivity contribution in [3.05, 3.63) is 22.4 Å². The molecule has 1 aromatic heterocycles. The van der Waals surface area contributed by atoms with Crippen molar-refractivity contribution in [1.29, 1.82) is 0 Å². The van der Waals surface area contributed by atoms with E-state index in [0.29, 0.717) is 5.38 Å². The molecule has 1 fully saturated rings. The molecule has 1 N–H and O–H groups in total. The Morgan fingerprint density at radius 3 is 3.12 bits per heavy atom. The van der Waals surface area contributed by atoms with E-state index < -0.39 is 0 Å². The Morgan fingerprint density at radius 2 is 2.38 bits per heavy atom. The van der Waals surface area contributed by atoms with Crippen LogP contribution in [0.25, 0.3) is 0 Å². The molecule has 90 valence electrons. The van der Waals surface area contributed by atoms with Gasteiger partial charge in [-0.05, 0) is 56.1 Å². The third kappa shape index (κ3) is 4.08. The highest BCUT2D eigenvalue weighted by Gasteiger charge is 2.19. The number of hydrogen-bond acceptors (Lipinski definition) is 2. The third-order valence-corrected chi connectivity index (χ3v) is 4.61. The molecule has 0 aromatic carbocycles. The van der Waals surface area contributed by atoms with E-state index in [0.717, 1.165) is 25.4 Å². The summed E-state index contributed by atoms with van der Waals surface area (Å²) in [6, 6.07) is 4.33. The van der Waals surface area contributed by atoms with E-state index in [2.05, 4.69) is 22.8 Å². The molecule has 3 heteroatoms. The Kier molecular flexibility index (Phi) is 5.14. The van der Waals surface area contributed by atoms with Crippen LogP contribution in [0.4, 0.5) is 0 Å². The van der Waals surface area contributed by atoms with Gasteiger partial charge in [-0.25, -0.2) is 0 Å². The van der Waals surface area contributed by atoms with Crippen molar-refractivity contribution in [1.82, 2.24) is 5.32 Å². The Balaban J connectivity index is 1.57. The first-order valence-corrected chi connectivity index (χ1v) is 7.53. The molecule has 16 heavy (non-hydrogen) atoms. The highest BCUT2D eigenvalue weighted by Crippen LogP contribution is 2.27. The monoisotopic (exact) mass is 257 g/mol. The van der Waals surface area contributed by atoms with Crippen LogP contribution in [0.5, 0.6) is 0 Å².